The molecule has 1 aliphatic rings. The van der Waals surface area contributed by atoms with Crippen LogP contribution in [0.1, 0.15) is 51.6 Å². The van der Waals surface area contributed by atoms with Gasteiger partial charge in [-0.1, -0.05) is 26.8 Å². The van der Waals surface area contributed by atoms with Crippen LogP contribution in [-0.4, -0.2) is 18.6 Å². The molecule has 2 unspecified atom stereocenters. The van der Waals surface area contributed by atoms with Crippen molar-refractivity contribution in [3.63, 3.8) is 0 Å². The minimum Gasteiger partial charge on any atom is -0.478 e. The van der Waals surface area contributed by atoms with Gasteiger partial charge < -0.3 is 15.4 Å². The predicted octanol–water partition coefficient (Wildman–Crippen LogP) is 3.01. The molecule has 20 heavy (non-hydrogen) atoms. The first-order valence-corrected chi connectivity index (χ1v) is 7.49. The van der Waals surface area contributed by atoms with Crippen molar-refractivity contribution in [1.29, 1.82) is 0 Å². The van der Waals surface area contributed by atoms with E-state index in [1.165, 1.54) is 0 Å². The molecule has 2 rings (SSSR count). The fraction of sp³-hybridized carbons (Fsp3) is 0.562. The Balaban J connectivity index is 2.42. The van der Waals surface area contributed by atoms with E-state index < -0.39 is 0 Å². The van der Waals surface area contributed by atoms with Crippen LogP contribution in [0.3, 0.4) is 0 Å². The first-order valence-electron chi connectivity index (χ1n) is 7.49. The molecular formula is C16H24N2O2. The van der Waals surface area contributed by atoms with E-state index in [0.29, 0.717) is 6.42 Å². The second-order valence-electron chi connectivity index (χ2n) is 5.25. The number of hydrogen-bond donors (Lipinski definition) is 1. The van der Waals surface area contributed by atoms with Crippen LogP contribution in [-0.2, 0) is 4.79 Å². The van der Waals surface area contributed by atoms with E-state index in [-0.39, 0.29) is 18.1 Å². The number of carbonyl (C=O) groups is 1. The lowest BCUT2D eigenvalue weighted by Gasteiger charge is -2.34. The van der Waals surface area contributed by atoms with Gasteiger partial charge in [0.1, 0.15) is 5.75 Å². The maximum Gasteiger partial charge on any atom is 0.268 e. The summed E-state index contributed by atoms with van der Waals surface area (Å²) in [6, 6.07) is 5.95. The van der Waals surface area contributed by atoms with Crippen molar-refractivity contribution < 1.29 is 9.53 Å². The Labute approximate surface area is 120 Å². The summed E-state index contributed by atoms with van der Waals surface area (Å²) < 4.78 is 5.81. The molecule has 0 radical (unpaired) electrons. The molecule has 1 heterocycles. The van der Waals surface area contributed by atoms with E-state index in [9.17, 15) is 4.79 Å². The number of hydrogen-bond acceptors (Lipinski definition) is 3. The van der Waals surface area contributed by atoms with Crippen molar-refractivity contribution in [1.82, 2.24) is 0 Å². The zero-order chi connectivity index (χ0) is 14.7. The molecule has 0 spiro atoms. The van der Waals surface area contributed by atoms with Crippen LogP contribution in [0.5, 0.6) is 5.75 Å². The van der Waals surface area contributed by atoms with E-state index in [1.807, 2.05) is 30.0 Å². The van der Waals surface area contributed by atoms with Crippen LogP contribution in [0, 0.1) is 0 Å². The molecule has 0 fully saturated rings. The van der Waals surface area contributed by atoms with Crippen molar-refractivity contribution in [3.05, 3.63) is 23.8 Å². The highest BCUT2D eigenvalue weighted by molar-refractivity contribution is 6.00. The number of rotatable bonds is 5. The van der Waals surface area contributed by atoms with Crippen LogP contribution in [0.25, 0.3) is 0 Å². The third kappa shape index (κ3) is 2.66. The summed E-state index contributed by atoms with van der Waals surface area (Å²) in [5.41, 5.74) is 8.01. The van der Waals surface area contributed by atoms with Gasteiger partial charge in [0.15, 0.2) is 6.10 Å². The smallest absolute Gasteiger partial charge is 0.268 e. The highest BCUT2D eigenvalue weighted by Gasteiger charge is 2.33. The SMILES string of the molecule is CCCN1C(=O)C(CC)Oc2ccc(C(N)CC)cc21. The molecule has 2 N–H and O–H groups in total. The molecule has 0 saturated heterocycles. The van der Waals surface area contributed by atoms with Crippen molar-refractivity contribution >= 4 is 11.6 Å². The Morgan fingerprint density at radius 3 is 2.70 bits per heavy atom. The van der Waals surface area contributed by atoms with Gasteiger partial charge in [-0.15, -0.1) is 0 Å². The lowest BCUT2D eigenvalue weighted by Crippen LogP contribution is -2.46. The number of benzene rings is 1. The second kappa shape index (κ2) is 6.27. The minimum absolute atomic E-state index is 0.00257. The highest BCUT2D eigenvalue weighted by Crippen LogP contribution is 2.37. The van der Waals surface area contributed by atoms with Gasteiger partial charge in [-0.3, -0.25) is 4.79 Å². The minimum atomic E-state index is -0.361. The molecule has 2 atom stereocenters. The molecule has 1 aromatic rings. The molecule has 0 bridgehead atoms. The average Bonchev–Trinajstić information content (AvgIpc) is 2.48. The third-order valence-corrected chi connectivity index (χ3v) is 3.77. The predicted molar refractivity (Wildman–Crippen MR) is 81.0 cm³/mol. The van der Waals surface area contributed by atoms with E-state index in [1.54, 1.807) is 0 Å². The average molecular weight is 276 g/mol. The highest BCUT2D eigenvalue weighted by atomic mass is 16.5. The summed E-state index contributed by atoms with van der Waals surface area (Å²) in [7, 11) is 0. The molecule has 0 aromatic heterocycles. The maximum absolute atomic E-state index is 12.4. The molecular weight excluding hydrogens is 252 g/mol. The van der Waals surface area contributed by atoms with Crippen molar-refractivity contribution in [2.75, 3.05) is 11.4 Å². The number of carbonyl (C=O) groups excluding carboxylic acids is 1. The van der Waals surface area contributed by atoms with E-state index in [2.05, 4.69) is 13.8 Å². The molecule has 1 aliphatic heterocycles. The van der Waals surface area contributed by atoms with Crippen LogP contribution < -0.4 is 15.4 Å². The molecule has 4 nitrogen and oxygen atoms in total. The molecule has 110 valence electrons. The fourth-order valence-corrected chi connectivity index (χ4v) is 2.52. The molecule has 1 aromatic carbocycles. The number of anilines is 1. The van der Waals surface area contributed by atoms with Crippen molar-refractivity contribution in [2.24, 2.45) is 5.73 Å². The Morgan fingerprint density at radius 2 is 2.10 bits per heavy atom. The summed E-state index contributed by atoms with van der Waals surface area (Å²) >= 11 is 0. The first kappa shape index (κ1) is 14.9. The Morgan fingerprint density at radius 1 is 1.35 bits per heavy atom. The van der Waals surface area contributed by atoms with Crippen LogP contribution in [0.4, 0.5) is 5.69 Å². The monoisotopic (exact) mass is 276 g/mol. The summed E-state index contributed by atoms with van der Waals surface area (Å²) in [6.45, 7) is 6.82. The summed E-state index contributed by atoms with van der Waals surface area (Å²) in [5.74, 6) is 0.848. The van der Waals surface area contributed by atoms with Crippen LogP contribution in [0.2, 0.25) is 0 Å². The van der Waals surface area contributed by atoms with Gasteiger partial charge in [0.2, 0.25) is 0 Å². The number of nitrogens with zero attached hydrogens (tertiary/aromatic N) is 1. The number of nitrogens with two attached hydrogens (primary N) is 1. The Kier molecular flexibility index (Phi) is 4.65. The Bertz CT molecular complexity index is 487. The third-order valence-electron chi connectivity index (χ3n) is 3.77. The Hall–Kier alpha value is -1.55. The zero-order valence-electron chi connectivity index (χ0n) is 12.6. The molecule has 1 amide bonds. The maximum atomic E-state index is 12.4. The summed E-state index contributed by atoms with van der Waals surface area (Å²) in [4.78, 5) is 14.3. The largest absolute Gasteiger partial charge is 0.478 e. The van der Waals surface area contributed by atoms with Crippen LogP contribution >= 0.6 is 0 Å². The van der Waals surface area contributed by atoms with Gasteiger partial charge >= 0.3 is 0 Å². The second-order valence-corrected chi connectivity index (χ2v) is 5.25. The number of fused-ring (bicyclic) bond motifs is 1. The molecule has 0 saturated carbocycles. The standard InChI is InChI=1S/C16H24N2O2/c1-4-9-18-13-10-11(12(17)5-2)7-8-15(13)20-14(6-3)16(18)19/h7-8,10,12,14H,4-6,9,17H2,1-3H3. The van der Waals surface area contributed by atoms with E-state index in [0.717, 1.165) is 36.4 Å². The summed E-state index contributed by atoms with van der Waals surface area (Å²) in [5, 5.41) is 0. The van der Waals surface area contributed by atoms with Gasteiger partial charge in [-0.2, -0.15) is 0 Å². The summed E-state index contributed by atoms with van der Waals surface area (Å²) in [6.07, 6.45) is 2.12. The zero-order valence-corrected chi connectivity index (χ0v) is 12.6. The normalized spacial score (nSPS) is 19.5. The lowest BCUT2D eigenvalue weighted by molar-refractivity contribution is -0.126. The van der Waals surface area contributed by atoms with E-state index in [4.69, 9.17) is 10.5 Å². The quantitative estimate of drug-likeness (QED) is 0.899. The number of amides is 1. The van der Waals surface area contributed by atoms with Crippen molar-refractivity contribution in [2.45, 2.75) is 52.2 Å². The van der Waals surface area contributed by atoms with Gasteiger partial charge in [0.05, 0.1) is 5.69 Å². The van der Waals surface area contributed by atoms with E-state index >= 15 is 0 Å². The van der Waals surface area contributed by atoms with Crippen molar-refractivity contribution in [3.8, 4) is 5.75 Å². The van der Waals surface area contributed by atoms with Gasteiger partial charge in [-0.25, -0.2) is 0 Å². The number of ether oxygens (including phenoxy) is 1. The van der Waals surface area contributed by atoms with Gasteiger partial charge in [0, 0.05) is 12.6 Å². The lowest BCUT2D eigenvalue weighted by atomic mass is 10.0. The van der Waals surface area contributed by atoms with Crippen LogP contribution in [0.15, 0.2) is 18.2 Å². The first-order chi connectivity index (χ1) is 9.62. The van der Waals surface area contributed by atoms with Gasteiger partial charge in [-0.05, 0) is 37.0 Å². The fourth-order valence-electron chi connectivity index (χ4n) is 2.52. The topological polar surface area (TPSA) is 55.6 Å². The van der Waals surface area contributed by atoms with Gasteiger partial charge in [0.25, 0.3) is 5.91 Å². The molecule has 4 heteroatoms. The molecule has 0 aliphatic carbocycles.